The fourth-order valence-corrected chi connectivity index (χ4v) is 2.80. The molecule has 2 fully saturated rings. The molecule has 1 saturated heterocycles. The van der Waals surface area contributed by atoms with E-state index in [1.54, 1.807) is 0 Å². The maximum absolute atomic E-state index is 2.71. The van der Waals surface area contributed by atoms with Gasteiger partial charge in [-0.05, 0) is 32.2 Å². The average Bonchev–Trinajstić information content (AvgIpc) is 2.20. The highest BCUT2D eigenvalue weighted by Gasteiger charge is 2.28. The molecule has 2 nitrogen and oxygen atoms in total. The SMILES string of the molecule is CC1[CH]CCCC1N1CCN(C)CC1. The van der Waals surface area contributed by atoms with Crippen molar-refractivity contribution >= 4 is 0 Å². The molecular formula is C12H23N2. The minimum Gasteiger partial charge on any atom is -0.304 e. The monoisotopic (exact) mass is 195 g/mol. The number of nitrogens with zero attached hydrogens (tertiary/aromatic N) is 2. The second-order valence-electron chi connectivity index (χ2n) is 4.93. The van der Waals surface area contributed by atoms with Crippen molar-refractivity contribution in [2.45, 2.75) is 32.2 Å². The normalized spacial score (nSPS) is 37.3. The third kappa shape index (κ3) is 2.29. The predicted octanol–water partition coefficient (Wildman–Crippen LogP) is 1.63. The molecule has 0 N–H and O–H groups in total. The van der Waals surface area contributed by atoms with Crippen molar-refractivity contribution in [3.05, 3.63) is 6.42 Å². The molecule has 2 heteroatoms. The Morgan fingerprint density at radius 1 is 1.14 bits per heavy atom. The Morgan fingerprint density at radius 2 is 1.86 bits per heavy atom. The summed E-state index contributed by atoms with van der Waals surface area (Å²) in [7, 11) is 2.23. The van der Waals surface area contributed by atoms with E-state index in [0.29, 0.717) is 0 Å². The van der Waals surface area contributed by atoms with Crippen LogP contribution in [-0.2, 0) is 0 Å². The summed E-state index contributed by atoms with van der Waals surface area (Å²) in [5, 5.41) is 0. The topological polar surface area (TPSA) is 6.48 Å². The van der Waals surface area contributed by atoms with Crippen LogP contribution in [0.5, 0.6) is 0 Å². The number of hydrogen-bond donors (Lipinski definition) is 0. The molecule has 0 aromatic heterocycles. The summed E-state index contributed by atoms with van der Waals surface area (Å²) in [5.41, 5.74) is 0. The van der Waals surface area contributed by atoms with Crippen molar-refractivity contribution in [1.82, 2.24) is 9.80 Å². The molecule has 2 atom stereocenters. The van der Waals surface area contributed by atoms with E-state index in [9.17, 15) is 0 Å². The summed E-state index contributed by atoms with van der Waals surface area (Å²) >= 11 is 0. The number of rotatable bonds is 1. The van der Waals surface area contributed by atoms with Crippen LogP contribution < -0.4 is 0 Å². The van der Waals surface area contributed by atoms with Gasteiger partial charge in [0.25, 0.3) is 0 Å². The molecule has 2 rings (SSSR count). The quantitative estimate of drug-likeness (QED) is 0.627. The van der Waals surface area contributed by atoms with Crippen molar-refractivity contribution in [3.63, 3.8) is 0 Å². The zero-order chi connectivity index (χ0) is 9.97. The Morgan fingerprint density at radius 3 is 2.50 bits per heavy atom. The largest absolute Gasteiger partial charge is 0.304 e. The van der Waals surface area contributed by atoms with E-state index in [-0.39, 0.29) is 0 Å². The van der Waals surface area contributed by atoms with Crippen molar-refractivity contribution in [2.24, 2.45) is 5.92 Å². The Kier molecular flexibility index (Phi) is 3.45. The number of likely N-dealkylation sites (N-methyl/N-ethyl adjacent to an activating group) is 1. The average molecular weight is 195 g/mol. The molecule has 0 aromatic rings. The zero-order valence-corrected chi connectivity index (χ0v) is 9.58. The zero-order valence-electron chi connectivity index (χ0n) is 9.58. The van der Waals surface area contributed by atoms with Gasteiger partial charge in [0, 0.05) is 32.2 Å². The maximum atomic E-state index is 2.71. The van der Waals surface area contributed by atoms with Gasteiger partial charge >= 0.3 is 0 Å². The van der Waals surface area contributed by atoms with Crippen LogP contribution in [0.4, 0.5) is 0 Å². The summed E-state index contributed by atoms with van der Waals surface area (Å²) in [5.74, 6) is 0.812. The lowest BCUT2D eigenvalue weighted by molar-refractivity contribution is 0.0772. The van der Waals surface area contributed by atoms with E-state index in [0.717, 1.165) is 12.0 Å². The molecule has 0 aromatic carbocycles. The summed E-state index contributed by atoms with van der Waals surface area (Å²) in [6.07, 6.45) is 6.68. The second-order valence-corrected chi connectivity index (χ2v) is 4.93. The van der Waals surface area contributed by atoms with E-state index in [1.807, 2.05) is 0 Å². The van der Waals surface area contributed by atoms with Gasteiger partial charge in [0.1, 0.15) is 0 Å². The highest BCUT2D eigenvalue weighted by molar-refractivity contribution is 4.91. The Labute approximate surface area is 88.3 Å². The van der Waals surface area contributed by atoms with E-state index in [2.05, 4.69) is 30.2 Å². The van der Waals surface area contributed by atoms with E-state index in [4.69, 9.17) is 0 Å². The first-order chi connectivity index (χ1) is 6.77. The van der Waals surface area contributed by atoms with Crippen LogP contribution in [-0.4, -0.2) is 49.1 Å². The van der Waals surface area contributed by atoms with Gasteiger partial charge in [-0.25, -0.2) is 0 Å². The van der Waals surface area contributed by atoms with Crippen LogP contribution in [0.15, 0.2) is 0 Å². The van der Waals surface area contributed by atoms with Crippen molar-refractivity contribution in [1.29, 1.82) is 0 Å². The smallest absolute Gasteiger partial charge is 0.0125 e. The van der Waals surface area contributed by atoms with Crippen molar-refractivity contribution < 1.29 is 0 Å². The molecule has 0 spiro atoms. The molecule has 1 heterocycles. The van der Waals surface area contributed by atoms with Gasteiger partial charge in [0.2, 0.25) is 0 Å². The van der Waals surface area contributed by atoms with E-state index in [1.165, 1.54) is 45.4 Å². The van der Waals surface area contributed by atoms with Gasteiger partial charge in [-0.1, -0.05) is 13.3 Å². The van der Waals surface area contributed by atoms with E-state index >= 15 is 0 Å². The highest BCUT2D eigenvalue weighted by Crippen LogP contribution is 2.27. The minimum atomic E-state index is 0.812. The first-order valence-electron chi connectivity index (χ1n) is 6.03. The second kappa shape index (κ2) is 4.63. The van der Waals surface area contributed by atoms with Crippen molar-refractivity contribution in [2.75, 3.05) is 33.2 Å². The molecular weight excluding hydrogens is 172 g/mol. The summed E-state index contributed by atoms with van der Waals surface area (Å²) in [6.45, 7) is 7.45. The van der Waals surface area contributed by atoms with Gasteiger partial charge in [-0.15, -0.1) is 0 Å². The van der Waals surface area contributed by atoms with E-state index < -0.39 is 0 Å². The fourth-order valence-electron chi connectivity index (χ4n) is 2.80. The molecule has 1 saturated carbocycles. The van der Waals surface area contributed by atoms with Gasteiger partial charge in [-0.2, -0.15) is 0 Å². The van der Waals surface area contributed by atoms with Crippen LogP contribution in [0, 0.1) is 12.3 Å². The van der Waals surface area contributed by atoms with Gasteiger partial charge in [0.05, 0.1) is 0 Å². The van der Waals surface area contributed by atoms with Crippen LogP contribution in [0.3, 0.4) is 0 Å². The van der Waals surface area contributed by atoms with Crippen LogP contribution in [0.2, 0.25) is 0 Å². The van der Waals surface area contributed by atoms with Gasteiger partial charge in [-0.3, -0.25) is 4.90 Å². The van der Waals surface area contributed by atoms with Crippen molar-refractivity contribution in [3.8, 4) is 0 Å². The molecule has 14 heavy (non-hydrogen) atoms. The minimum absolute atomic E-state index is 0.812. The Bertz CT molecular complexity index is 173. The highest BCUT2D eigenvalue weighted by atomic mass is 15.3. The fraction of sp³-hybridized carbons (Fsp3) is 0.917. The lowest BCUT2D eigenvalue weighted by Gasteiger charge is -2.42. The number of hydrogen-bond acceptors (Lipinski definition) is 2. The summed E-state index contributed by atoms with van der Waals surface area (Å²) in [6, 6.07) is 0.845. The summed E-state index contributed by atoms with van der Waals surface area (Å²) < 4.78 is 0. The number of piperazine rings is 1. The third-order valence-electron chi connectivity index (χ3n) is 3.86. The van der Waals surface area contributed by atoms with Crippen LogP contribution in [0.1, 0.15) is 26.2 Å². The van der Waals surface area contributed by atoms with Crippen LogP contribution >= 0.6 is 0 Å². The maximum Gasteiger partial charge on any atom is 0.0125 e. The molecule has 1 radical (unpaired) electrons. The van der Waals surface area contributed by atoms with Gasteiger partial charge < -0.3 is 4.90 Å². The first-order valence-corrected chi connectivity index (χ1v) is 6.03. The van der Waals surface area contributed by atoms with Gasteiger partial charge in [0.15, 0.2) is 0 Å². The lowest BCUT2D eigenvalue weighted by Crippen LogP contribution is -2.51. The Hall–Kier alpha value is -0.0800. The first kappa shape index (κ1) is 10.4. The molecule has 81 valence electrons. The standard InChI is InChI=1S/C12H23N2/c1-11-5-3-4-6-12(11)14-9-7-13(2)8-10-14/h5,11-12H,3-4,6-10H2,1-2H3. The predicted molar refractivity (Wildman–Crippen MR) is 60.2 cm³/mol. The lowest BCUT2D eigenvalue weighted by atomic mass is 9.84. The molecule has 1 aliphatic carbocycles. The Balaban J connectivity index is 1.87. The molecule has 0 bridgehead atoms. The molecule has 2 unspecified atom stereocenters. The third-order valence-corrected chi connectivity index (χ3v) is 3.86. The van der Waals surface area contributed by atoms with Crippen LogP contribution in [0.25, 0.3) is 0 Å². The molecule has 2 aliphatic rings. The molecule has 1 aliphatic heterocycles. The molecule has 0 amide bonds. The summed E-state index contributed by atoms with van der Waals surface area (Å²) in [4.78, 5) is 5.15.